The van der Waals surface area contributed by atoms with E-state index in [0.29, 0.717) is 10.6 Å². The summed E-state index contributed by atoms with van der Waals surface area (Å²) in [6.07, 6.45) is 0.743. The van der Waals surface area contributed by atoms with Gasteiger partial charge in [-0.1, -0.05) is 38.2 Å². The highest BCUT2D eigenvalue weighted by molar-refractivity contribution is 7.71. The Hall–Kier alpha value is -1.68. The number of aromatic amines is 1. The maximum absolute atomic E-state index is 5.41. The highest BCUT2D eigenvalue weighted by atomic mass is 32.1. The van der Waals surface area contributed by atoms with Crippen LogP contribution in [-0.4, -0.2) is 17.1 Å². The standard InChI is InChI=1S/C16H20N2OS/c1-10(2)15-11(3)17-14(18-16(15)20)9-12-5-7-13(19-4)8-6-12/h5-8,10H,9H2,1-4H3,(H,17,18,20). The topological polar surface area (TPSA) is 37.9 Å². The number of methoxy groups -OCH3 is 1. The zero-order valence-corrected chi connectivity index (χ0v) is 13.2. The van der Waals surface area contributed by atoms with Crippen molar-refractivity contribution in [1.29, 1.82) is 0 Å². The summed E-state index contributed by atoms with van der Waals surface area (Å²) in [6, 6.07) is 8.00. The molecular formula is C16H20N2OS. The minimum absolute atomic E-state index is 0.390. The van der Waals surface area contributed by atoms with E-state index in [2.05, 4.69) is 30.7 Å². The fourth-order valence-electron chi connectivity index (χ4n) is 2.36. The Kier molecular flexibility index (Phi) is 4.55. The molecule has 0 saturated carbocycles. The van der Waals surface area contributed by atoms with Gasteiger partial charge >= 0.3 is 0 Å². The Morgan fingerprint density at radius 1 is 1.25 bits per heavy atom. The molecular weight excluding hydrogens is 268 g/mol. The van der Waals surface area contributed by atoms with E-state index in [9.17, 15) is 0 Å². The van der Waals surface area contributed by atoms with E-state index in [1.807, 2.05) is 24.3 Å². The Morgan fingerprint density at radius 2 is 1.90 bits per heavy atom. The molecule has 1 aromatic heterocycles. The average molecular weight is 288 g/mol. The van der Waals surface area contributed by atoms with Crippen LogP contribution in [0, 0.1) is 11.6 Å². The zero-order chi connectivity index (χ0) is 14.7. The number of H-pyrrole nitrogens is 1. The SMILES string of the molecule is COc1ccc(Cc2nc(=S)c(C(C)C)c(C)[nH]2)cc1. The summed E-state index contributed by atoms with van der Waals surface area (Å²) in [5.74, 6) is 2.16. The molecule has 2 rings (SSSR count). The summed E-state index contributed by atoms with van der Waals surface area (Å²) in [5.41, 5.74) is 3.43. The Morgan fingerprint density at radius 3 is 2.40 bits per heavy atom. The van der Waals surface area contributed by atoms with Gasteiger partial charge in [0, 0.05) is 17.7 Å². The molecule has 0 amide bonds. The van der Waals surface area contributed by atoms with E-state index in [1.165, 1.54) is 5.56 Å². The lowest BCUT2D eigenvalue weighted by Crippen LogP contribution is -2.05. The Bertz CT molecular complexity index is 645. The highest BCUT2D eigenvalue weighted by Crippen LogP contribution is 2.19. The number of hydrogen-bond acceptors (Lipinski definition) is 3. The largest absolute Gasteiger partial charge is 0.497 e. The van der Waals surface area contributed by atoms with Crippen LogP contribution in [0.3, 0.4) is 0 Å². The quantitative estimate of drug-likeness (QED) is 0.858. The van der Waals surface area contributed by atoms with Crippen molar-refractivity contribution in [3.63, 3.8) is 0 Å². The van der Waals surface area contributed by atoms with Crippen LogP contribution in [0.1, 0.15) is 42.4 Å². The van der Waals surface area contributed by atoms with Crippen LogP contribution in [0.4, 0.5) is 0 Å². The molecule has 0 bridgehead atoms. The van der Waals surface area contributed by atoms with Crippen molar-refractivity contribution in [2.45, 2.75) is 33.1 Å². The van der Waals surface area contributed by atoms with Gasteiger partial charge < -0.3 is 9.72 Å². The van der Waals surface area contributed by atoms with Crippen LogP contribution in [0.2, 0.25) is 0 Å². The molecule has 1 aromatic carbocycles. The van der Waals surface area contributed by atoms with Crippen LogP contribution < -0.4 is 4.74 Å². The number of benzene rings is 1. The van der Waals surface area contributed by atoms with Crippen molar-refractivity contribution < 1.29 is 4.74 Å². The third-order valence-electron chi connectivity index (χ3n) is 3.31. The van der Waals surface area contributed by atoms with Gasteiger partial charge in [0.15, 0.2) is 0 Å². The number of aromatic nitrogens is 2. The Labute approximate surface area is 125 Å². The van der Waals surface area contributed by atoms with E-state index < -0.39 is 0 Å². The molecule has 4 heteroatoms. The first kappa shape index (κ1) is 14.7. The Balaban J connectivity index is 2.27. The van der Waals surface area contributed by atoms with E-state index in [4.69, 9.17) is 17.0 Å². The molecule has 1 heterocycles. The van der Waals surface area contributed by atoms with Crippen LogP contribution >= 0.6 is 12.2 Å². The number of nitrogens with one attached hydrogen (secondary N) is 1. The first-order valence-corrected chi connectivity index (χ1v) is 7.14. The fraction of sp³-hybridized carbons (Fsp3) is 0.375. The van der Waals surface area contributed by atoms with Crippen LogP contribution in [0.5, 0.6) is 5.75 Å². The molecule has 0 fully saturated rings. The molecule has 2 aromatic rings. The lowest BCUT2D eigenvalue weighted by molar-refractivity contribution is 0.414. The molecule has 1 N–H and O–H groups in total. The van der Waals surface area contributed by atoms with Crippen molar-refractivity contribution >= 4 is 12.2 Å². The predicted octanol–water partition coefficient (Wildman–Crippen LogP) is 4.17. The van der Waals surface area contributed by atoms with Crippen molar-refractivity contribution in [1.82, 2.24) is 9.97 Å². The molecule has 3 nitrogen and oxygen atoms in total. The van der Waals surface area contributed by atoms with Gasteiger partial charge in [-0.05, 0) is 30.5 Å². The van der Waals surface area contributed by atoms with Gasteiger partial charge in [0.25, 0.3) is 0 Å². The number of rotatable bonds is 4. The second-order valence-corrected chi connectivity index (χ2v) is 5.59. The molecule has 0 aliphatic rings. The monoisotopic (exact) mass is 288 g/mol. The highest BCUT2D eigenvalue weighted by Gasteiger charge is 2.09. The van der Waals surface area contributed by atoms with Crippen LogP contribution in [-0.2, 0) is 6.42 Å². The summed E-state index contributed by atoms with van der Waals surface area (Å²) in [4.78, 5) is 7.89. The van der Waals surface area contributed by atoms with E-state index in [0.717, 1.165) is 29.3 Å². The molecule has 0 radical (unpaired) electrons. The molecule has 0 spiro atoms. The van der Waals surface area contributed by atoms with E-state index in [-0.39, 0.29) is 0 Å². The first-order valence-electron chi connectivity index (χ1n) is 6.74. The van der Waals surface area contributed by atoms with Gasteiger partial charge in [0.2, 0.25) is 0 Å². The number of hydrogen-bond donors (Lipinski definition) is 1. The summed E-state index contributed by atoms with van der Waals surface area (Å²) >= 11 is 5.41. The van der Waals surface area contributed by atoms with Gasteiger partial charge in [-0.3, -0.25) is 0 Å². The minimum Gasteiger partial charge on any atom is -0.497 e. The number of nitrogens with zero attached hydrogens (tertiary/aromatic N) is 1. The van der Waals surface area contributed by atoms with E-state index in [1.54, 1.807) is 7.11 Å². The molecule has 0 aliphatic carbocycles. The molecule has 0 saturated heterocycles. The second-order valence-electron chi connectivity index (χ2n) is 5.21. The molecule has 0 unspecified atom stereocenters. The van der Waals surface area contributed by atoms with Crippen molar-refractivity contribution in [3.05, 3.63) is 51.6 Å². The van der Waals surface area contributed by atoms with Gasteiger partial charge in [-0.2, -0.15) is 0 Å². The lowest BCUT2D eigenvalue weighted by Gasteiger charge is -2.12. The smallest absolute Gasteiger partial charge is 0.133 e. The lowest BCUT2D eigenvalue weighted by atomic mass is 10.0. The normalized spacial score (nSPS) is 10.8. The van der Waals surface area contributed by atoms with Gasteiger partial charge in [-0.25, -0.2) is 4.98 Å². The maximum Gasteiger partial charge on any atom is 0.133 e. The van der Waals surface area contributed by atoms with E-state index >= 15 is 0 Å². The molecule has 106 valence electrons. The summed E-state index contributed by atoms with van der Waals surface area (Å²) in [6.45, 7) is 6.33. The molecule has 0 atom stereocenters. The maximum atomic E-state index is 5.41. The van der Waals surface area contributed by atoms with Crippen molar-refractivity contribution in [2.75, 3.05) is 7.11 Å². The van der Waals surface area contributed by atoms with Gasteiger partial charge in [-0.15, -0.1) is 0 Å². The first-order chi connectivity index (χ1) is 9.51. The fourth-order valence-corrected chi connectivity index (χ4v) is 2.85. The summed E-state index contributed by atoms with van der Waals surface area (Å²) < 4.78 is 5.87. The van der Waals surface area contributed by atoms with Crippen molar-refractivity contribution in [2.24, 2.45) is 0 Å². The molecule has 0 aliphatic heterocycles. The van der Waals surface area contributed by atoms with Gasteiger partial charge in [0.1, 0.15) is 16.2 Å². The van der Waals surface area contributed by atoms with Crippen molar-refractivity contribution in [3.8, 4) is 5.75 Å². The van der Waals surface area contributed by atoms with Gasteiger partial charge in [0.05, 0.1) is 7.11 Å². The minimum atomic E-state index is 0.390. The third-order valence-corrected chi connectivity index (χ3v) is 3.62. The zero-order valence-electron chi connectivity index (χ0n) is 12.4. The molecule has 20 heavy (non-hydrogen) atoms. The second kappa shape index (κ2) is 6.18. The summed E-state index contributed by atoms with van der Waals surface area (Å²) in [7, 11) is 1.67. The van der Waals surface area contributed by atoms with Crippen LogP contribution in [0.25, 0.3) is 0 Å². The third kappa shape index (κ3) is 3.25. The number of ether oxygens (including phenoxy) is 1. The summed E-state index contributed by atoms with van der Waals surface area (Å²) in [5, 5.41) is 0. The average Bonchev–Trinajstić information content (AvgIpc) is 2.38. The van der Waals surface area contributed by atoms with Crippen LogP contribution in [0.15, 0.2) is 24.3 Å². The predicted molar refractivity (Wildman–Crippen MR) is 84.0 cm³/mol. The number of aryl methyl sites for hydroxylation is 1.